The van der Waals surface area contributed by atoms with Gasteiger partial charge in [-0.25, -0.2) is 17.7 Å². The molecule has 5 rings (SSSR count). The van der Waals surface area contributed by atoms with E-state index in [-0.39, 0.29) is 23.4 Å². The molecule has 0 bridgehead atoms. The van der Waals surface area contributed by atoms with Crippen molar-refractivity contribution in [3.63, 3.8) is 0 Å². The molecule has 0 saturated carbocycles. The predicted octanol–water partition coefficient (Wildman–Crippen LogP) is 3.43. The quantitative estimate of drug-likeness (QED) is 0.653. The summed E-state index contributed by atoms with van der Waals surface area (Å²) in [5, 5.41) is 0.616. The molecule has 2 aliphatic rings. The summed E-state index contributed by atoms with van der Waals surface area (Å²) in [6, 6.07) is 16.2. The van der Waals surface area contributed by atoms with Gasteiger partial charge in [-0.2, -0.15) is 0 Å². The van der Waals surface area contributed by atoms with E-state index < -0.39 is 10.0 Å². The van der Waals surface area contributed by atoms with Crippen molar-refractivity contribution in [1.82, 2.24) is 8.87 Å². The van der Waals surface area contributed by atoms with E-state index >= 15 is 0 Å². The number of nitrogens with zero attached hydrogens (tertiary/aromatic N) is 4. The number of nitrogens with two attached hydrogens (primary N) is 1. The molecule has 160 valence electrons. The van der Waals surface area contributed by atoms with Crippen LogP contribution in [-0.4, -0.2) is 36.3 Å². The van der Waals surface area contributed by atoms with Crippen molar-refractivity contribution in [2.45, 2.75) is 17.4 Å². The Morgan fingerprint density at radius 2 is 1.90 bits per heavy atom. The molecule has 1 unspecified atom stereocenters. The van der Waals surface area contributed by atoms with Crippen LogP contribution in [0.5, 0.6) is 0 Å². The molecule has 3 heterocycles. The molecule has 31 heavy (non-hydrogen) atoms. The maximum Gasteiger partial charge on any atom is 0.266 e. The van der Waals surface area contributed by atoms with E-state index in [1.165, 1.54) is 4.31 Å². The van der Waals surface area contributed by atoms with Gasteiger partial charge in [0.15, 0.2) is 0 Å². The van der Waals surface area contributed by atoms with Crippen molar-refractivity contribution < 1.29 is 8.42 Å². The molecule has 1 aromatic heterocycles. The highest BCUT2D eigenvalue weighted by Gasteiger charge is 2.35. The first kappa shape index (κ1) is 20.0. The van der Waals surface area contributed by atoms with Gasteiger partial charge in [-0.15, -0.1) is 0 Å². The van der Waals surface area contributed by atoms with Gasteiger partial charge in [-0.1, -0.05) is 23.7 Å². The van der Waals surface area contributed by atoms with Crippen molar-refractivity contribution in [3.05, 3.63) is 76.9 Å². The molecule has 0 spiro atoms. The maximum atomic E-state index is 13.4. The zero-order valence-electron chi connectivity index (χ0n) is 16.9. The lowest BCUT2D eigenvalue weighted by molar-refractivity contribution is 0.518. The maximum absolute atomic E-state index is 13.4. The van der Waals surface area contributed by atoms with Crippen LogP contribution in [0.4, 0.5) is 11.5 Å². The number of aromatic nitrogens is 1. The van der Waals surface area contributed by atoms with Gasteiger partial charge in [0.25, 0.3) is 10.0 Å². The minimum atomic E-state index is -3.81. The number of sulfonamides is 1. The first-order valence-corrected chi connectivity index (χ1v) is 11.8. The van der Waals surface area contributed by atoms with Gasteiger partial charge in [0.05, 0.1) is 17.5 Å². The van der Waals surface area contributed by atoms with Crippen LogP contribution in [0.2, 0.25) is 5.02 Å². The highest BCUT2D eigenvalue weighted by Crippen LogP contribution is 2.37. The predicted molar refractivity (Wildman–Crippen MR) is 122 cm³/mol. The highest BCUT2D eigenvalue weighted by molar-refractivity contribution is 7.89. The van der Waals surface area contributed by atoms with Crippen LogP contribution in [0, 0.1) is 0 Å². The van der Waals surface area contributed by atoms with Crippen molar-refractivity contribution >= 4 is 39.1 Å². The molecule has 2 N–H and O–H groups in total. The zero-order chi connectivity index (χ0) is 21.8. The summed E-state index contributed by atoms with van der Waals surface area (Å²) in [6.45, 7) is 0.977. The van der Waals surface area contributed by atoms with Crippen molar-refractivity contribution in [1.29, 1.82) is 0 Å². The molecular weight excluding hydrogens is 434 g/mol. The van der Waals surface area contributed by atoms with E-state index in [4.69, 9.17) is 17.3 Å². The van der Waals surface area contributed by atoms with Gasteiger partial charge in [0, 0.05) is 30.5 Å². The lowest BCUT2D eigenvalue weighted by Crippen LogP contribution is -2.39. The van der Waals surface area contributed by atoms with Crippen molar-refractivity contribution in [3.8, 4) is 0 Å². The SMILES string of the molecule is Cn1cccc1N1CCc2cc(S(=O)(=O)N3CC(c4ccc(Cl)cc4)N=C3N)ccc21. The molecule has 2 aliphatic heterocycles. The molecular formula is C22H22ClN5O2S. The van der Waals surface area contributed by atoms with E-state index in [1.807, 2.05) is 37.5 Å². The second-order valence-corrected chi connectivity index (χ2v) is 10.1. The smallest absolute Gasteiger partial charge is 0.266 e. The summed E-state index contributed by atoms with van der Waals surface area (Å²) in [7, 11) is -1.81. The second kappa shape index (κ2) is 7.32. The van der Waals surface area contributed by atoms with Crippen molar-refractivity contribution in [2.24, 2.45) is 17.8 Å². The Hall–Kier alpha value is -2.97. The largest absolute Gasteiger partial charge is 0.369 e. The Morgan fingerprint density at radius 3 is 2.61 bits per heavy atom. The molecule has 2 aromatic carbocycles. The Labute approximate surface area is 186 Å². The van der Waals surface area contributed by atoms with Gasteiger partial charge in [-0.3, -0.25) is 0 Å². The third kappa shape index (κ3) is 3.36. The summed E-state index contributed by atoms with van der Waals surface area (Å²) in [5.41, 5.74) is 8.94. The summed E-state index contributed by atoms with van der Waals surface area (Å²) in [5.74, 6) is 1.09. The molecule has 0 fully saturated rings. The van der Waals surface area contributed by atoms with Crippen LogP contribution < -0.4 is 10.6 Å². The minimum Gasteiger partial charge on any atom is -0.369 e. The van der Waals surface area contributed by atoms with Crippen LogP contribution in [0.1, 0.15) is 17.2 Å². The monoisotopic (exact) mass is 455 g/mol. The number of anilines is 2. The molecule has 7 nitrogen and oxygen atoms in total. The highest BCUT2D eigenvalue weighted by atomic mass is 35.5. The van der Waals surface area contributed by atoms with E-state index in [9.17, 15) is 8.42 Å². The van der Waals surface area contributed by atoms with Gasteiger partial charge < -0.3 is 15.2 Å². The third-order valence-corrected chi connectivity index (χ3v) is 7.88. The lowest BCUT2D eigenvalue weighted by Gasteiger charge is -2.21. The Bertz CT molecular complexity index is 1280. The number of guanidine groups is 1. The molecule has 0 radical (unpaired) electrons. The molecule has 3 aromatic rings. The Kier molecular flexibility index (Phi) is 4.71. The van der Waals surface area contributed by atoms with Crippen LogP contribution in [-0.2, 0) is 23.5 Å². The van der Waals surface area contributed by atoms with Crippen LogP contribution >= 0.6 is 11.6 Å². The number of rotatable bonds is 4. The first-order chi connectivity index (χ1) is 14.8. The van der Waals surface area contributed by atoms with E-state index in [0.29, 0.717) is 5.02 Å². The molecule has 1 atom stereocenters. The fraction of sp³-hybridized carbons (Fsp3) is 0.227. The second-order valence-electron chi connectivity index (χ2n) is 7.76. The fourth-order valence-electron chi connectivity index (χ4n) is 4.24. The summed E-state index contributed by atoms with van der Waals surface area (Å²) >= 11 is 5.95. The van der Waals surface area contributed by atoms with E-state index in [1.54, 1.807) is 24.3 Å². The third-order valence-electron chi connectivity index (χ3n) is 5.86. The Morgan fingerprint density at radius 1 is 1.13 bits per heavy atom. The van der Waals surface area contributed by atoms with Gasteiger partial charge in [0.2, 0.25) is 5.96 Å². The van der Waals surface area contributed by atoms with Gasteiger partial charge in [-0.05, 0) is 60.0 Å². The van der Waals surface area contributed by atoms with Crippen LogP contribution in [0.15, 0.2) is 70.7 Å². The van der Waals surface area contributed by atoms with Crippen LogP contribution in [0.25, 0.3) is 0 Å². The van der Waals surface area contributed by atoms with E-state index in [0.717, 1.165) is 35.6 Å². The van der Waals surface area contributed by atoms with Crippen LogP contribution in [0.3, 0.4) is 0 Å². The summed E-state index contributed by atoms with van der Waals surface area (Å²) in [4.78, 5) is 6.81. The van der Waals surface area contributed by atoms with Gasteiger partial charge in [0.1, 0.15) is 5.82 Å². The number of aliphatic imine (C=N–C) groups is 1. The average Bonchev–Trinajstić information content (AvgIpc) is 3.46. The number of hydrogen-bond acceptors (Lipinski definition) is 5. The van der Waals surface area contributed by atoms with Crippen molar-refractivity contribution in [2.75, 3.05) is 18.0 Å². The molecule has 0 amide bonds. The molecule has 0 saturated heterocycles. The Balaban J connectivity index is 1.42. The number of fused-ring (bicyclic) bond motifs is 1. The average molecular weight is 456 g/mol. The minimum absolute atomic E-state index is 0.00545. The fourth-order valence-corrected chi connectivity index (χ4v) is 5.78. The molecule has 9 heteroatoms. The molecule has 0 aliphatic carbocycles. The number of halogens is 1. The zero-order valence-corrected chi connectivity index (χ0v) is 18.5. The number of aryl methyl sites for hydroxylation is 1. The lowest BCUT2D eigenvalue weighted by atomic mass is 10.1. The normalized spacial score (nSPS) is 18.4. The number of benzene rings is 2. The van der Waals surface area contributed by atoms with Gasteiger partial charge >= 0.3 is 0 Å². The standard InChI is InChI=1S/C22H22ClN5O2S/c1-26-11-2-3-21(26)27-12-10-16-13-18(8-9-20(16)27)31(29,30)28-14-19(25-22(28)24)15-4-6-17(23)7-5-15/h2-9,11,13,19H,10,12,14H2,1H3,(H2,24,25). The topological polar surface area (TPSA) is 83.9 Å². The summed E-state index contributed by atoms with van der Waals surface area (Å²) < 4.78 is 30.0. The summed E-state index contributed by atoms with van der Waals surface area (Å²) in [6.07, 6.45) is 2.78. The number of hydrogen-bond donors (Lipinski definition) is 1. The van der Waals surface area contributed by atoms with E-state index in [2.05, 4.69) is 20.5 Å². The first-order valence-electron chi connectivity index (χ1n) is 9.98.